The summed E-state index contributed by atoms with van der Waals surface area (Å²) in [7, 11) is 0. The molecule has 124 valence electrons. The van der Waals surface area contributed by atoms with Crippen molar-refractivity contribution in [1.29, 1.82) is 0 Å². The summed E-state index contributed by atoms with van der Waals surface area (Å²) in [5.41, 5.74) is 6.55. The van der Waals surface area contributed by atoms with Gasteiger partial charge in [0.25, 0.3) is 0 Å². The zero-order chi connectivity index (χ0) is 17.6. The van der Waals surface area contributed by atoms with Gasteiger partial charge in [-0.3, -0.25) is 0 Å². The molecule has 1 heterocycles. The van der Waals surface area contributed by atoms with Crippen LogP contribution < -0.4 is 5.32 Å². The second-order valence-corrected chi connectivity index (χ2v) is 5.45. The molecule has 0 spiro atoms. The Labute approximate surface area is 140 Å². The number of nitrogens with one attached hydrogen (secondary N) is 1. The molecule has 3 nitrogen and oxygen atoms in total. The predicted octanol–water partition coefficient (Wildman–Crippen LogP) is 5.91. The molecule has 2 rings (SSSR count). The smallest absolute Gasteiger partial charge is 0.134 e. The summed E-state index contributed by atoms with van der Waals surface area (Å²) in [5, 5.41) is 12.9. The summed E-state index contributed by atoms with van der Waals surface area (Å²) in [4.78, 5) is 4.27. The maximum absolute atomic E-state index is 9.47. The van der Waals surface area contributed by atoms with Crippen molar-refractivity contribution in [3.8, 4) is 5.75 Å². The minimum atomic E-state index is 0.178. The monoisotopic (exact) mass is 312 g/mol. The van der Waals surface area contributed by atoms with Crippen LogP contribution >= 0.6 is 0 Å². The largest absolute Gasteiger partial charge is 0.506 e. The fraction of sp³-hybridized carbons (Fsp3) is 0.350. The van der Waals surface area contributed by atoms with Gasteiger partial charge in [0, 0.05) is 5.56 Å². The number of nitrogens with zero attached hydrogens (tertiary/aromatic N) is 1. The van der Waals surface area contributed by atoms with Gasteiger partial charge < -0.3 is 10.4 Å². The summed E-state index contributed by atoms with van der Waals surface area (Å²) in [5.74, 6) is 0.932. The molecule has 0 saturated carbocycles. The maximum Gasteiger partial charge on any atom is 0.134 e. The average molecular weight is 312 g/mol. The van der Waals surface area contributed by atoms with Gasteiger partial charge in [0.05, 0.1) is 11.9 Å². The molecule has 0 aliphatic heterocycles. The molecule has 1 aromatic carbocycles. The molecule has 3 heteroatoms. The van der Waals surface area contributed by atoms with E-state index < -0.39 is 0 Å². The van der Waals surface area contributed by atoms with Gasteiger partial charge in [-0.25, -0.2) is 4.98 Å². The number of hydrogen-bond donors (Lipinski definition) is 2. The van der Waals surface area contributed by atoms with Gasteiger partial charge in [0.15, 0.2) is 0 Å². The van der Waals surface area contributed by atoms with Gasteiger partial charge in [0.1, 0.15) is 11.6 Å². The number of aromatic hydroxyl groups is 1. The number of hydrogen-bond acceptors (Lipinski definition) is 3. The highest BCUT2D eigenvalue weighted by atomic mass is 16.3. The highest BCUT2D eigenvalue weighted by molar-refractivity contribution is 5.80. The first-order valence-corrected chi connectivity index (χ1v) is 8.14. The van der Waals surface area contributed by atoms with Crippen LogP contribution in [0.25, 0.3) is 5.57 Å². The Hall–Kier alpha value is -2.29. The summed E-state index contributed by atoms with van der Waals surface area (Å²) >= 11 is 0. The van der Waals surface area contributed by atoms with E-state index in [2.05, 4.69) is 49.8 Å². The van der Waals surface area contributed by atoms with Crippen molar-refractivity contribution in [1.82, 2.24) is 4.98 Å². The quantitative estimate of drug-likeness (QED) is 0.738. The third kappa shape index (κ3) is 4.59. The highest BCUT2D eigenvalue weighted by Gasteiger charge is 2.11. The Bertz CT molecular complexity index is 690. The van der Waals surface area contributed by atoms with Crippen molar-refractivity contribution >= 4 is 17.1 Å². The van der Waals surface area contributed by atoms with Crippen LogP contribution in [-0.4, -0.2) is 10.1 Å². The van der Waals surface area contributed by atoms with Crippen molar-refractivity contribution < 1.29 is 5.11 Å². The Morgan fingerprint density at radius 3 is 2.35 bits per heavy atom. The van der Waals surface area contributed by atoms with Gasteiger partial charge in [-0.2, -0.15) is 0 Å². The average Bonchev–Trinajstić information content (AvgIpc) is 2.52. The van der Waals surface area contributed by atoms with Gasteiger partial charge in [-0.15, -0.1) is 0 Å². The molecule has 0 radical (unpaired) electrons. The fourth-order valence-corrected chi connectivity index (χ4v) is 2.41. The normalized spacial score (nSPS) is 9.83. The first kappa shape index (κ1) is 18.8. The van der Waals surface area contributed by atoms with Gasteiger partial charge in [-0.1, -0.05) is 39.0 Å². The molecular formula is C20H28N2O. The van der Waals surface area contributed by atoms with Gasteiger partial charge >= 0.3 is 0 Å². The van der Waals surface area contributed by atoms with Crippen molar-refractivity contribution in [3.63, 3.8) is 0 Å². The summed E-state index contributed by atoms with van der Waals surface area (Å²) in [6, 6.07) is 5.99. The lowest BCUT2D eigenvalue weighted by Gasteiger charge is -2.18. The van der Waals surface area contributed by atoms with E-state index in [-0.39, 0.29) is 5.75 Å². The molecule has 1 aromatic heterocycles. The molecule has 0 aliphatic rings. The first-order valence-electron chi connectivity index (χ1n) is 8.14. The minimum absolute atomic E-state index is 0.178. The molecule has 0 unspecified atom stereocenters. The van der Waals surface area contributed by atoms with Crippen LogP contribution in [0.1, 0.15) is 49.4 Å². The zero-order valence-corrected chi connectivity index (χ0v) is 15.1. The van der Waals surface area contributed by atoms with Crippen molar-refractivity contribution in [2.24, 2.45) is 0 Å². The second kappa shape index (κ2) is 8.37. The molecule has 0 fully saturated rings. The molecule has 23 heavy (non-hydrogen) atoms. The number of aromatic nitrogens is 1. The molecular weight excluding hydrogens is 284 g/mol. The van der Waals surface area contributed by atoms with Crippen LogP contribution in [0.5, 0.6) is 5.75 Å². The van der Waals surface area contributed by atoms with Crippen LogP contribution in [0.2, 0.25) is 0 Å². The molecule has 2 N–H and O–H groups in total. The molecule has 0 aliphatic carbocycles. The highest BCUT2D eigenvalue weighted by Crippen LogP contribution is 2.32. The molecule has 0 amide bonds. The van der Waals surface area contributed by atoms with E-state index in [4.69, 9.17) is 0 Å². The van der Waals surface area contributed by atoms with Crippen LogP contribution in [0.3, 0.4) is 0 Å². The zero-order valence-electron chi connectivity index (χ0n) is 15.1. The second-order valence-electron chi connectivity index (χ2n) is 5.45. The lowest BCUT2D eigenvalue weighted by atomic mass is 9.97. The molecule has 0 atom stereocenters. The lowest BCUT2D eigenvalue weighted by Crippen LogP contribution is -2.02. The number of rotatable bonds is 4. The molecule has 2 aromatic rings. The van der Waals surface area contributed by atoms with Gasteiger partial charge in [-0.05, 0) is 56.0 Å². The fourth-order valence-electron chi connectivity index (χ4n) is 2.41. The Morgan fingerprint density at radius 2 is 1.78 bits per heavy atom. The SMILES string of the molecule is C=C(CC)c1cc(C)cc(C)c1Nc1ncc(O)cc1C.CC. The first-order chi connectivity index (χ1) is 10.9. The molecule has 0 saturated heterocycles. The standard InChI is InChI=1S/C18H22N2O.C2H6/c1-6-12(3)16-8-11(2)7-13(4)17(16)20-18-14(5)9-15(21)10-19-18;1-2/h7-10,21H,3,6H2,1-2,4-5H3,(H,19,20);1-2H3. The summed E-state index contributed by atoms with van der Waals surface area (Å²) in [6.07, 6.45) is 2.35. The van der Waals surface area contributed by atoms with Crippen LogP contribution in [0.4, 0.5) is 11.5 Å². The summed E-state index contributed by atoms with van der Waals surface area (Å²) < 4.78 is 0. The van der Waals surface area contributed by atoms with Gasteiger partial charge in [0.2, 0.25) is 0 Å². The Morgan fingerprint density at radius 1 is 1.13 bits per heavy atom. The summed E-state index contributed by atoms with van der Waals surface area (Å²) in [6.45, 7) is 16.4. The topological polar surface area (TPSA) is 45.2 Å². The number of aryl methyl sites for hydroxylation is 3. The maximum atomic E-state index is 9.47. The minimum Gasteiger partial charge on any atom is -0.506 e. The van der Waals surface area contributed by atoms with E-state index >= 15 is 0 Å². The molecule has 0 bridgehead atoms. The Kier molecular flexibility index (Phi) is 6.83. The third-order valence-electron chi connectivity index (χ3n) is 3.59. The lowest BCUT2D eigenvalue weighted by molar-refractivity contribution is 0.472. The van der Waals surface area contributed by atoms with Crippen molar-refractivity contribution in [2.45, 2.75) is 48.0 Å². The van der Waals surface area contributed by atoms with E-state index in [1.54, 1.807) is 6.07 Å². The van der Waals surface area contributed by atoms with Crippen LogP contribution in [0, 0.1) is 20.8 Å². The number of anilines is 2. The number of benzene rings is 1. The van der Waals surface area contributed by atoms with E-state index in [0.29, 0.717) is 0 Å². The van der Waals surface area contributed by atoms with Crippen molar-refractivity contribution in [3.05, 3.63) is 53.2 Å². The van der Waals surface area contributed by atoms with E-state index in [1.807, 2.05) is 20.8 Å². The van der Waals surface area contributed by atoms with Crippen LogP contribution in [0.15, 0.2) is 31.0 Å². The van der Waals surface area contributed by atoms with E-state index in [1.165, 1.54) is 11.8 Å². The van der Waals surface area contributed by atoms with E-state index in [0.717, 1.165) is 40.2 Å². The van der Waals surface area contributed by atoms with Crippen molar-refractivity contribution in [2.75, 3.05) is 5.32 Å². The van der Waals surface area contributed by atoms with Crippen LogP contribution in [-0.2, 0) is 0 Å². The number of allylic oxidation sites excluding steroid dienone is 1. The third-order valence-corrected chi connectivity index (χ3v) is 3.59. The van der Waals surface area contributed by atoms with E-state index in [9.17, 15) is 5.11 Å². The Balaban J connectivity index is 0.00000127. The predicted molar refractivity (Wildman–Crippen MR) is 101 cm³/mol. The number of pyridine rings is 1.